The molecule has 0 radical (unpaired) electrons. The summed E-state index contributed by atoms with van der Waals surface area (Å²) in [4.78, 5) is 45.8. The SMILES string of the molecule is CNC(=O)c1ccc(-n2c(C3CCNC3)nc3c(c2=O)CC(C)N(C(=O)c2ccc(Br)c(C(F)(F)F)c2)C3)cc1. The minimum atomic E-state index is -4.62. The molecule has 1 saturated heterocycles. The number of hydrogen-bond donors (Lipinski definition) is 2. The fourth-order valence-electron chi connectivity index (χ4n) is 5.29. The maximum Gasteiger partial charge on any atom is 0.417 e. The number of fused-ring (bicyclic) bond motifs is 1. The summed E-state index contributed by atoms with van der Waals surface area (Å²) < 4.78 is 41.9. The average molecular weight is 618 g/mol. The molecule has 0 aliphatic carbocycles. The first-order chi connectivity index (χ1) is 19.0. The average Bonchev–Trinajstić information content (AvgIpc) is 3.47. The van der Waals surface area contributed by atoms with Gasteiger partial charge in [0.2, 0.25) is 0 Å². The lowest BCUT2D eigenvalue weighted by Gasteiger charge is -2.35. The fraction of sp³-hybridized carbons (Fsp3) is 0.357. The molecular weight excluding hydrogens is 591 g/mol. The maximum absolute atomic E-state index is 13.9. The zero-order chi connectivity index (χ0) is 28.8. The van der Waals surface area contributed by atoms with Gasteiger partial charge in [-0.15, -0.1) is 0 Å². The molecule has 3 heterocycles. The quantitative estimate of drug-likeness (QED) is 0.461. The first kappa shape index (κ1) is 28.0. The van der Waals surface area contributed by atoms with Crippen molar-refractivity contribution in [2.75, 3.05) is 20.1 Å². The molecule has 1 aromatic heterocycles. The fourth-order valence-corrected chi connectivity index (χ4v) is 5.77. The molecule has 40 heavy (non-hydrogen) atoms. The van der Waals surface area contributed by atoms with Crippen LogP contribution in [0.3, 0.4) is 0 Å². The Kier molecular flexibility index (Phi) is 7.58. The van der Waals surface area contributed by atoms with E-state index >= 15 is 0 Å². The van der Waals surface area contributed by atoms with E-state index in [1.807, 2.05) is 0 Å². The van der Waals surface area contributed by atoms with Crippen LogP contribution in [0.4, 0.5) is 13.2 Å². The lowest BCUT2D eigenvalue weighted by atomic mass is 9.97. The first-order valence-electron chi connectivity index (χ1n) is 12.8. The highest BCUT2D eigenvalue weighted by Gasteiger charge is 2.36. The molecular formula is C28H27BrF3N5O3. The predicted octanol–water partition coefficient (Wildman–Crippen LogP) is 4.04. The molecule has 3 aromatic rings. The van der Waals surface area contributed by atoms with E-state index < -0.39 is 23.7 Å². The maximum atomic E-state index is 13.9. The van der Waals surface area contributed by atoms with Gasteiger partial charge in [-0.25, -0.2) is 4.98 Å². The Bertz CT molecular complexity index is 1530. The predicted molar refractivity (Wildman–Crippen MR) is 146 cm³/mol. The largest absolute Gasteiger partial charge is 0.417 e. The number of carbonyl (C=O) groups is 2. The van der Waals surface area contributed by atoms with E-state index in [-0.39, 0.29) is 40.4 Å². The summed E-state index contributed by atoms with van der Waals surface area (Å²) in [5.41, 5.74) is 0.687. The molecule has 2 aliphatic rings. The van der Waals surface area contributed by atoms with Crippen molar-refractivity contribution in [3.8, 4) is 5.69 Å². The molecule has 2 amide bonds. The summed E-state index contributed by atoms with van der Waals surface area (Å²) in [7, 11) is 1.54. The first-order valence-corrected chi connectivity index (χ1v) is 13.6. The van der Waals surface area contributed by atoms with Gasteiger partial charge in [0, 0.05) is 46.7 Å². The van der Waals surface area contributed by atoms with E-state index in [0.717, 1.165) is 19.0 Å². The Morgan fingerprint density at radius 2 is 1.82 bits per heavy atom. The van der Waals surface area contributed by atoms with Gasteiger partial charge in [-0.2, -0.15) is 13.2 Å². The second-order valence-electron chi connectivity index (χ2n) is 10.0. The van der Waals surface area contributed by atoms with Crippen molar-refractivity contribution in [3.05, 3.63) is 91.1 Å². The molecule has 1 fully saturated rings. The van der Waals surface area contributed by atoms with E-state index in [1.165, 1.54) is 17.0 Å². The zero-order valence-corrected chi connectivity index (χ0v) is 23.4. The van der Waals surface area contributed by atoms with Gasteiger partial charge >= 0.3 is 6.18 Å². The van der Waals surface area contributed by atoms with E-state index in [9.17, 15) is 27.6 Å². The summed E-state index contributed by atoms with van der Waals surface area (Å²) in [6.45, 7) is 3.16. The molecule has 2 unspecified atom stereocenters. The summed E-state index contributed by atoms with van der Waals surface area (Å²) in [5, 5.41) is 5.86. The molecule has 2 aromatic carbocycles. The topological polar surface area (TPSA) is 96.3 Å². The number of nitrogens with zero attached hydrogens (tertiary/aromatic N) is 3. The number of nitrogens with one attached hydrogen (secondary N) is 2. The van der Waals surface area contributed by atoms with E-state index in [0.29, 0.717) is 34.9 Å². The van der Waals surface area contributed by atoms with Crippen LogP contribution in [0.1, 0.15) is 62.6 Å². The van der Waals surface area contributed by atoms with Crippen molar-refractivity contribution in [2.45, 2.75) is 44.4 Å². The van der Waals surface area contributed by atoms with Crippen LogP contribution in [0.5, 0.6) is 0 Å². The molecule has 12 heteroatoms. The van der Waals surface area contributed by atoms with Crippen LogP contribution in [-0.2, 0) is 19.1 Å². The highest BCUT2D eigenvalue weighted by atomic mass is 79.9. The van der Waals surface area contributed by atoms with Crippen molar-refractivity contribution >= 4 is 27.7 Å². The highest BCUT2D eigenvalue weighted by molar-refractivity contribution is 9.10. The minimum absolute atomic E-state index is 0.00554. The molecule has 210 valence electrons. The van der Waals surface area contributed by atoms with Crippen LogP contribution in [0, 0.1) is 0 Å². The Morgan fingerprint density at radius 1 is 1.12 bits per heavy atom. The van der Waals surface area contributed by atoms with Crippen molar-refractivity contribution in [1.29, 1.82) is 0 Å². The Labute approximate surface area is 236 Å². The van der Waals surface area contributed by atoms with Crippen LogP contribution in [0.15, 0.2) is 51.7 Å². The van der Waals surface area contributed by atoms with Crippen molar-refractivity contribution in [1.82, 2.24) is 25.1 Å². The number of hydrogen-bond acceptors (Lipinski definition) is 5. The van der Waals surface area contributed by atoms with Crippen LogP contribution < -0.4 is 16.2 Å². The van der Waals surface area contributed by atoms with Crippen molar-refractivity contribution < 1.29 is 22.8 Å². The van der Waals surface area contributed by atoms with Gasteiger partial charge in [0.15, 0.2) is 0 Å². The monoisotopic (exact) mass is 617 g/mol. The molecule has 0 bridgehead atoms. The third-order valence-electron chi connectivity index (χ3n) is 7.46. The van der Waals surface area contributed by atoms with Gasteiger partial charge in [-0.1, -0.05) is 15.9 Å². The van der Waals surface area contributed by atoms with Gasteiger partial charge in [-0.05, 0) is 68.8 Å². The summed E-state index contributed by atoms with van der Waals surface area (Å²) in [6, 6.07) is 9.68. The molecule has 8 nitrogen and oxygen atoms in total. The molecule has 2 atom stereocenters. The Hall–Kier alpha value is -3.51. The van der Waals surface area contributed by atoms with E-state index in [4.69, 9.17) is 4.98 Å². The lowest BCUT2D eigenvalue weighted by Crippen LogP contribution is -2.46. The van der Waals surface area contributed by atoms with Crippen LogP contribution in [0.2, 0.25) is 0 Å². The third kappa shape index (κ3) is 5.17. The smallest absolute Gasteiger partial charge is 0.355 e. The number of benzene rings is 2. The molecule has 2 N–H and O–H groups in total. The van der Waals surface area contributed by atoms with Gasteiger partial charge in [0.05, 0.1) is 23.5 Å². The molecule has 2 aliphatic heterocycles. The van der Waals surface area contributed by atoms with Gasteiger partial charge in [0.25, 0.3) is 17.4 Å². The second-order valence-corrected chi connectivity index (χ2v) is 10.9. The Morgan fingerprint density at radius 3 is 2.45 bits per heavy atom. The summed E-state index contributed by atoms with van der Waals surface area (Å²) >= 11 is 2.92. The van der Waals surface area contributed by atoms with Crippen molar-refractivity contribution in [3.63, 3.8) is 0 Å². The zero-order valence-electron chi connectivity index (χ0n) is 21.8. The number of rotatable bonds is 4. The third-order valence-corrected chi connectivity index (χ3v) is 8.15. The normalized spacial score (nSPS) is 18.9. The van der Waals surface area contributed by atoms with E-state index in [2.05, 4.69) is 26.6 Å². The Balaban J connectivity index is 1.55. The summed E-state index contributed by atoms with van der Waals surface area (Å²) in [5.74, 6) is -0.308. The number of halogens is 4. The number of alkyl halides is 3. The van der Waals surface area contributed by atoms with Crippen LogP contribution in [-0.4, -0.2) is 52.4 Å². The van der Waals surface area contributed by atoms with Crippen LogP contribution >= 0.6 is 15.9 Å². The van der Waals surface area contributed by atoms with Gasteiger partial charge < -0.3 is 15.5 Å². The highest BCUT2D eigenvalue weighted by Crippen LogP contribution is 2.36. The minimum Gasteiger partial charge on any atom is -0.355 e. The van der Waals surface area contributed by atoms with E-state index in [1.54, 1.807) is 42.8 Å². The number of amides is 2. The number of carbonyl (C=O) groups excluding carboxylic acids is 2. The van der Waals surface area contributed by atoms with Gasteiger partial charge in [-0.3, -0.25) is 19.0 Å². The second kappa shape index (κ2) is 10.8. The standard InChI is InChI=1S/C28H27BrF3N5O3/c1-15-11-20-23(14-36(15)26(39)17-5-8-22(29)21(12-17)28(30,31)32)35-24(18-9-10-34-13-18)37(27(20)40)19-6-3-16(4-7-19)25(38)33-2/h3-8,12,15,18,34H,9-11,13-14H2,1-2H3,(H,33,38). The lowest BCUT2D eigenvalue weighted by molar-refractivity contribution is -0.138. The molecule has 0 saturated carbocycles. The van der Waals surface area contributed by atoms with Crippen LogP contribution in [0.25, 0.3) is 5.69 Å². The molecule has 5 rings (SSSR count). The number of aromatic nitrogens is 2. The molecule has 0 spiro atoms. The van der Waals surface area contributed by atoms with Crippen molar-refractivity contribution in [2.24, 2.45) is 0 Å². The summed E-state index contributed by atoms with van der Waals surface area (Å²) in [6.07, 6.45) is -3.65. The van der Waals surface area contributed by atoms with Gasteiger partial charge in [0.1, 0.15) is 5.82 Å².